The van der Waals surface area contributed by atoms with Gasteiger partial charge in [0, 0.05) is 31.9 Å². The zero-order chi connectivity index (χ0) is 11.0. The first-order valence-corrected chi connectivity index (χ1v) is 5.70. The number of hydrogen-bond donors (Lipinski definition) is 1. The Kier molecular flexibility index (Phi) is 2.29. The van der Waals surface area contributed by atoms with Crippen LogP contribution in [0.3, 0.4) is 0 Å². The Morgan fingerprint density at radius 2 is 2.06 bits per heavy atom. The zero-order valence-electron chi connectivity index (χ0n) is 9.10. The highest BCUT2D eigenvalue weighted by Gasteiger charge is 2.38. The van der Waals surface area contributed by atoms with Crippen LogP contribution in [0.15, 0.2) is 30.3 Å². The summed E-state index contributed by atoms with van der Waals surface area (Å²) in [5.74, 6) is 0. The number of carbonyl (C=O) groups is 1. The lowest BCUT2D eigenvalue weighted by atomic mass is 10.2. The van der Waals surface area contributed by atoms with Crippen LogP contribution in [0.5, 0.6) is 0 Å². The van der Waals surface area contributed by atoms with Gasteiger partial charge in [-0.2, -0.15) is 0 Å². The van der Waals surface area contributed by atoms with E-state index in [2.05, 4.69) is 5.32 Å². The van der Waals surface area contributed by atoms with Crippen LogP contribution in [0.1, 0.15) is 0 Å². The van der Waals surface area contributed by atoms with Gasteiger partial charge in [0.05, 0.1) is 6.04 Å². The third-order valence-electron chi connectivity index (χ3n) is 3.29. The fourth-order valence-corrected chi connectivity index (χ4v) is 2.44. The second kappa shape index (κ2) is 3.79. The maximum Gasteiger partial charge on any atom is 0.324 e. The van der Waals surface area contributed by atoms with E-state index in [1.165, 1.54) is 0 Å². The average Bonchev–Trinajstić information content (AvgIpc) is 2.69. The molecule has 0 bridgehead atoms. The van der Waals surface area contributed by atoms with Gasteiger partial charge in [0.1, 0.15) is 0 Å². The van der Waals surface area contributed by atoms with Gasteiger partial charge >= 0.3 is 6.03 Å². The lowest BCUT2D eigenvalue weighted by molar-refractivity contribution is 0.193. The monoisotopic (exact) mass is 217 g/mol. The molecule has 2 aliphatic rings. The Balaban J connectivity index is 1.86. The number of hydrogen-bond acceptors (Lipinski definition) is 2. The largest absolute Gasteiger partial charge is 0.324 e. The van der Waals surface area contributed by atoms with E-state index in [-0.39, 0.29) is 6.03 Å². The molecule has 1 atom stereocenters. The minimum absolute atomic E-state index is 0.151. The third-order valence-corrected chi connectivity index (χ3v) is 3.29. The molecule has 2 fully saturated rings. The Morgan fingerprint density at radius 3 is 2.81 bits per heavy atom. The van der Waals surface area contributed by atoms with Gasteiger partial charge in [0.25, 0.3) is 0 Å². The highest BCUT2D eigenvalue weighted by Crippen LogP contribution is 2.23. The molecule has 1 aromatic rings. The van der Waals surface area contributed by atoms with Crippen molar-refractivity contribution in [3.63, 3.8) is 0 Å². The summed E-state index contributed by atoms with van der Waals surface area (Å²) in [5, 5.41) is 3.33. The van der Waals surface area contributed by atoms with E-state index in [4.69, 9.17) is 0 Å². The van der Waals surface area contributed by atoms with Crippen LogP contribution in [0.4, 0.5) is 10.5 Å². The Hall–Kier alpha value is -1.55. The van der Waals surface area contributed by atoms with Crippen LogP contribution in [-0.2, 0) is 0 Å². The second-order valence-corrected chi connectivity index (χ2v) is 4.28. The van der Waals surface area contributed by atoms with E-state index in [9.17, 15) is 4.79 Å². The van der Waals surface area contributed by atoms with Gasteiger partial charge in [0.2, 0.25) is 0 Å². The SMILES string of the molecule is O=C1N(c2ccccc2)CC2CNCCN12. The highest BCUT2D eigenvalue weighted by atomic mass is 16.2. The number of piperazine rings is 1. The molecule has 1 N–H and O–H groups in total. The Bertz CT molecular complexity index is 393. The summed E-state index contributed by atoms with van der Waals surface area (Å²) >= 11 is 0. The summed E-state index contributed by atoms with van der Waals surface area (Å²) in [7, 11) is 0. The number of rotatable bonds is 1. The van der Waals surface area contributed by atoms with Gasteiger partial charge in [0.15, 0.2) is 0 Å². The lowest BCUT2D eigenvalue weighted by Crippen LogP contribution is -2.49. The van der Waals surface area contributed by atoms with Crippen molar-refractivity contribution in [1.82, 2.24) is 10.2 Å². The molecular formula is C12H15N3O. The van der Waals surface area contributed by atoms with Crippen molar-refractivity contribution < 1.29 is 4.79 Å². The maximum atomic E-state index is 12.2. The molecule has 4 nitrogen and oxygen atoms in total. The number of nitrogens with zero attached hydrogens (tertiary/aromatic N) is 2. The summed E-state index contributed by atoms with van der Waals surface area (Å²) in [4.78, 5) is 16.0. The molecule has 2 saturated heterocycles. The van der Waals surface area contributed by atoms with E-state index in [1.54, 1.807) is 0 Å². The first-order chi connectivity index (χ1) is 7.86. The molecule has 0 spiro atoms. The summed E-state index contributed by atoms with van der Waals surface area (Å²) in [6.45, 7) is 3.45. The van der Waals surface area contributed by atoms with Crippen LogP contribution < -0.4 is 10.2 Å². The van der Waals surface area contributed by atoms with Gasteiger partial charge in [-0.05, 0) is 12.1 Å². The van der Waals surface area contributed by atoms with Gasteiger partial charge in [-0.15, -0.1) is 0 Å². The van der Waals surface area contributed by atoms with Gasteiger partial charge in [-0.1, -0.05) is 18.2 Å². The molecule has 2 aliphatic heterocycles. The van der Waals surface area contributed by atoms with Crippen molar-refractivity contribution in [2.75, 3.05) is 31.1 Å². The molecule has 2 heterocycles. The van der Waals surface area contributed by atoms with Gasteiger partial charge in [-0.3, -0.25) is 4.90 Å². The number of urea groups is 1. The fourth-order valence-electron chi connectivity index (χ4n) is 2.44. The molecule has 1 unspecified atom stereocenters. The van der Waals surface area contributed by atoms with Crippen LogP contribution in [0.25, 0.3) is 0 Å². The van der Waals surface area contributed by atoms with E-state index < -0.39 is 0 Å². The summed E-state index contributed by atoms with van der Waals surface area (Å²) < 4.78 is 0. The molecule has 84 valence electrons. The Labute approximate surface area is 94.8 Å². The smallest absolute Gasteiger partial charge is 0.317 e. The quantitative estimate of drug-likeness (QED) is 0.758. The maximum absolute atomic E-state index is 12.2. The fraction of sp³-hybridized carbons (Fsp3) is 0.417. The normalized spacial score (nSPS) is 24.8. The van der Waals surface area contributed by atoms with Crippen molar-refractivity contribution in [3.8, 4) is 0 Å². The zero-order valence-corrected chi connectivity index (χ0v) is 9.10. The number of amides is 2. The summed E-state index contributed by atoms with van der Waals surface area (Å²) in [6.07, 6.45) is 0. The minimum Gasteiger partial charge on any atom is -0.317 e. The minimum atomic E-state index is 0.151. The number of fused-ring (bicyclic) bond motifs is 1. The molecule has 2 amide bonds. The predicted molar refractivity (Wildman–Crippen MR) is 62.5 cm³/mol. The molecule has 4 heteroatoms. The Morgan fingerprint density at radius 1 is 1.25 bits per heavy atom. The predicted octanol–water partition coefficient (Wildman–Crippen LogP) is 0.900. The number of para-hydroxylation sites is 1. The van der Waals surface area contributed by atoms with Crippen LogP contribution in [-0.4, -0.2) is 43.2 Å². The van der Waals surface area contributed by atoms with E-state index >= 15 is 0 Å². The second-order valence-electron chi connectivity index (χ2n) is 4.28. The van der Waals surface area contributed by atoms with Crippen molar-refractivity contribution in [1.29, 1.82) is 0 Å². The molecule has 3 rings (SSSR count). The van der Waals surface area contributed by atoms with Crippen LogP contribution in [0.2, 0.25) is 0 Å². The first kappa shape index (κ1) is 9.66. The van der Waals surface area contributed by atoms with Crippen LogP contribution in [0, 0.1) is 0 Å². The lowest BCUT2D eigenvalue weighted by Gasteiger charge is -2.28. The van der Waals surface area contributed by atoms with E-state index in [0.717, 1.165) is 31.9 Å². The highest BCUT2D eigenvalue weighted by molar-refractivity contribution is 5.94. The van der Waals surface area contributed by atoms with Gasteiger partial charge in [-0.25, -0.2) is 4.79 Å². The molecule has 0 aliphatic carbocycles. The van der Waals surface area contributed by atoms with E-state index in [0.29, 0.717) is 6.04 Å². The standard InChI is InChI=1S/C12H15N3O/c16-12-14-7-6-13-8-11(14)9-15(12)10-4-2-1-3-5-10/h1-5,11,13H,6-9H2. The van der Waals surface area contributed by atoms with Crippen molar-refractivity contribution in [2.24, 2.45) is 0 Å². The average molecular weight is 217 g/mol. The molecule has 1 aromatic carbocycles. The van der Waals surface area contributed by atoms with Crippen molar-refractivity contribution >= 4 is 11.7 Å². The topological polar surface area (TPSA) is 35.6 Å². The molecule has 0 saturated carbocycles. The van der Waals surface area contributed by atoms with Crippen molar-refractivity contribution in [2.45, 2.75) is 6.04 Å². The third kappa shape index (κ3) is 1.46. The molecule has 0 aromatic heterocycles. The number of nitrogens with one attached hydrogen (secondary N) is 1. The number of anilines is 1. The van der Waals surface area contributed by atoms with Crippen LogP contribution >= 0.6 is 0 Å². The summed E-state index contributed by atoms with van der Waals surface area (Å²) in [5.41, 5.74) is 1.00. The number of carbonyl (C=O) groups excluding carboxylic acids is 1. The molecule has 0 radical (unpaired) electrons. The summed E-state index contributed by atoms with van der Waals surface area (Å²) in [6, 6.07) is 10.4. The van der Waals surface area contributed by atoms with Gasteiger partial charge < -0.3 is 10.2 Å². The molecule has 16 heavy (non-hydrogen) atoms. The van der Waals surface area contributed by atoms with Crippen molar-refractivity contribution in [3.05, 3.63) is 30.3 Å². The first-order valence-electron chi connectivity index (χ1n) is 5.70. The number of benzene rings is 1. The molecular weight excluding hydrogens is 202 g/mol. The van der Waals surface area contributed by atoms with E-state index in [1.807, 2.05) is 40.1 Å².